The van der Waals surface area contributed by atoms with E-state index in [1.54, 1.807) is 30.3 Å². The Balaban J connectivity index is 1.68. The lowest BCUT2D eigenvalue weighted by molar-refractivity contribution is -0.138. The van der Waals surface area contributed by atoms with Gasteiger partial charge in [0.25, 0.3) is 0 Å². The third-order valence-electron chi connectivity index (χ3n) is 5.82. The van der Waals surface area contributed by atoms with E-state index in [9.17, 15) is 18.0 Å². The number of alkyl halides is 3. The summed E-state index contributed by atoms with van der Waals surface area (Å²) in [6.07, 6.45) is -3.97. The summed E-state index contributed by atoms with van der Waals surface area (Å²) >= 11 is 6.17. The first-order valence-corrected chi connectivity index (χ1v) is 12.1. The van der Waals surface area contributed by atoms with Crippen molar-refractivity contribution in [3.05, 3.63) is 100 Å². The average Bonchev–Trinajstić information content (AvgIpc) is 2.82. The zero-order valence-corrected chi connectivity index (χ0v) is 20.7. The van der Waals surface area contributed by atoms with Crippen molar-refractivity contribution in [1.82, 2.24) is 4.90 Å². The number of ether oxygens (including phenoxy) is 1. The number of hydrogen-bond donors (Lipinski definition) is 1. The molecule has 0 saturated heterocycles. The first kappa shape index (κ1) is 27.6. The van der Waals surface area contributed by atoms with Gasteiger partial charge in [-0.25, -0.2) is 0 Å². The number of benzene rings is 3. The number of aliphatic carboxylic acids is 1. The maximum absolute atomic E-state index is 13.4. The molecule has 3 rings (SSSR count). The molecule has 0 radical (unpaired) electrons. The summed E-state index contributed by atoms with van der Waals surface area (Å²) in [6, 6.07) is 20.9. The molecule has 0 aliphatic heterocycles. The lowest BCUT2D eigenvalue weighted by Gasteiger charge is -2.27. The summed E-state index contributed by atoms with van der Waals surface area (Å²) in [5, 5.41) is 8.70. The lowest BCUT2D eigenvalue weighted by Crippen LogP contribution is -2.30. The van der Waals surface area contributed by atoms with Gasteiger partial charge in [-0.1, -0.05) is 73.1 Å². The average molecular weight is 520 g/mol. The van der Waals surface area contributed by atoms with Gasteiger partial charge in [-0.2, -0.15) is 13.2 Å². The van der Waals surface area contributed by atoms with E-state index in [2.05, 4.69) is 11.8 Å². The Kier molecular flexibility index (Phi) is 9.79. The standard InChI is InChI=1S/C28H29ClF3NO3/c1-20(22-9-3-2-4-10-22)18-33(19-23-11-6-13-25(27(23)29)28(30,31)32)14-7-15-36-24-12-5-8-21(16-24)17-26(34)35/h2-6,8-13,16,20H,7,14-15,17-19H2,1H3,(H,34,35)/t20-/m1/s1. The number of carboxylic acids is 1. The molecule has 0 bridgehead atoms. The molecule has 192 valence electrons. The largest absolute Gasteiger partial charge is 0.494 e. The van der Waals surface area contributed by atoms with Crippen LogP contribution in [-0.4, -0.2) is 35.7 Å². The van der Waals surface area contributed by atoms with E-state index < -0.39 is 17.7 Å². The molecule has 0 heterocycles. The molecular formula is C28H29ClF3NO3. The Bertz CT molecular complexity index is 1140. The summed E-state index contributed by atoms with van der Waals surface area (Å²) in [7, 11) is 0. The maximum Gasteiger partial charge on any atom is 0.417 e. The number of hydrogen-bond acceptors (Lipinski definition) is 3. The molecule has 0 aliphatic carbocycles. The number of carbonyl (C=O) groups is 1. The van der Waals surface area contributed by atoms with Crippen LogP contribution in [-0.2, 0) is 23.9 Å². The zero-order chi connectivity index (χ0) is 26.1. The van der Waals surface area contributed by atoms with E-state index in [1.807, 2.05) is 30.3 Å². The minimum Gasteiger partial charge on any atom is -0.494 e. The smallest absolute Gasteiger partial charge is 0.417 e. The molecule has 36 heavy (non-hydrogen) atoms. The molecule has 0 aromatic heterocycles. The van der Waals surface area contributed by atoms with Crippen LogP contribution in [0.15, 0.2) is 72.8 Å². The molecule has 1 N–H and O–H groups in total. The number of halogens is 4. The molecule has 0 spiro atoms. The Hall–Kier alpha value is -3.03. The van der Waals surface area contributed by atoms with Crippen molar-refractivity contribution in [1.29, 1.82) is 0 Å². The minimum atomic E-state index is -4.52. The summed E-state index contributed by atoms with van der Waals surface area (Å²) in [6.45, 7) is 3.95. The fraction of sp³-hybridized carbons (Fsp3) is 0.321. The van der Waals surface area contributed by atoms with E-state index in [1.165, 1.54) is 6.07 Å². The normalized spacial score (nSPS) is 12.5. The Labute approximate surface area is 214 Å². The van der Waals surface area contributed by atoms with Crippen molar-refractivity contribution < 1.29 is 27.8 Å². The Morgan fingerprint density at radius 3 is 2.47 bits per heavy atom. The predicted octanol–water partition coefficient (Wildman–Crippen LogP) is 7.06. The van der Waals surface area contributed by atoms with Gasteiger partial charge in [-0.05, 0) is 47.2 Å². The van der Waals surface area contributed by atoms with Gasteiger partial charge >= 0.3 is 12.1 Å². The fourth-order valence-corrected chi connectivity index (χ4v) is 4.36. The van der Waals surface area contributed by atoms with Gasteiger partial charge < -0.3 is 9.84 Å². The molecule has 3 aromatic carbocycles. The second-order valence-electron chi connectivity index (χ2n) is 8.74. The molecule has 0 amide bonds. The van der Waals surface area contributed by atoms with Crippen LogP contribution >= 0.6 is 11.6 Å². The SMILES string of the molecule is C[C@H](CN(CCCOc1cccc(CC(=O)O)c1)Cc1cccc(C(F)(F)F)c1Cl)c1ccccc1. The first-order chi connectivity index (χ1) is 17.1. The Morgan fingerprint density at radius 2 is 1.78 bits per heavy atom. The van der Waals surface area contributed by atoms with E-state index in [0.29, 0.717) is 43.0 Å². The molecule has 0 fully saturated rings. The van der Waals surface area contributed by atoms with Crippen LogP contribution < -0.4 is 4.74 Å². The van der Waals surface area contributed by atoms with Gasteiger partial charge in [0.1, 0.15) is 5.75 Å². The molecule has 0 saturated carbocycles. The number of rotatable bonds is 12. The third kappa shape index (κ3) is 8.28. The van der Waals surface area contributed by atoms with Gasteiger partial charge in [0.2, 0.25) is 0 Å². The summed E-state index contributed by atoms with van der Waals surface area (Å²) in [4.78, 5) is 13.0. The van der Waals surface area contributed by atoms with Crippen LogP contribution in [0.5, 0.6) is 5.75 Å². The topological polar surface area (TPSA) is 49.8 Å². The second kappa shape index (κ2) is 12.8. The monoisotopic (exact) mass is 519 g/mol. The van der Waals surface area contributed by atoms with Crippen LogP contribution in [0.4, 0.5) is 13.2 Å². The highest BCUT2D eigenvalue weighted by molar-refractivity contribution is 6.32. The van der Waals surface area contributed by atoms with E-state index in [0.717, 1.165) is 11.6 Å². The predicted molar refractivity (Wildman–Crippen MR) is 134 cm³/mol. The number of nitrogens with zero attached hydrogens (tertiary/aromatic N) is 1. The molecule has 8 heteroatoms. The van der Waals surface area contributed by atoms with E-state index in [-0.39, 0.29) is 23.9 Å². The molecule has 0 unspecified atom stereocenters. The van der Waals surface area contributed by atoms with Crippen molar-refractivity contribution in [2.75, 3.05) is 19.7 Å². The fourth-order valence-electron chi connectivity index (χ4n) is 4.07. The highest BCUT2D eigenvalue weighted by Crippen LogP contribution is 2.36. The van der Waals surface area contributed by atoms with Crippen LogP contribution in [0, 0.1) is 0 Å². The summed E-state index contributed by atoms with van der Waals surface area (Å²) in [5.74, 6) is -0.174. The second-order valence-corrected chi connectivity index (χ2v) is 9.12. The van der Waals surface area contributed by atoms with E-state index in [4.69, 9.17) is 21.4 Å². The van der Waals surface area contributed by atoms with Crippen molar-refractivity contribution >= 4 is 17.6 Å². The van der Waals surface area contributed by atoms with Crippen LogP contribution in [0.1, 0.15) is 41.5 Å². The molecular weight excluding hydrogens is 491 g/mol. The van der Waals surface area contributed by atoms with Gasteiger partial charge in [0, 0.05) is 19.6 Å². The van der Waals surface area contributed by atoms with Crippen molar-refractivity contribution in [3.63, 3.8) is 0 Å². The van der Waals surface area contributed by atoms with Crippen LogP contribution in [0.2, 0.25) is 5.02 Å². The van der Waals surface area contributed by atoms with Crippen molar-refractivity contribution in [2.24, 2.45) is 0 Å². The summed E-state index contributed by atoms with van der Waals surface area (Å²) in [5.41, 5.74) is 1.39. The first-order valence-electron chi connectivity index (χ1n) is 11.7. The minimum absolute atomic E-state index is 0.0832. The zero-order valence-electron chi connectivity index (χ0n) is 20.0. The molecule has 1 atom stereocenters. The van der Waals surface area contributed by atoms with Gasteiger partial charge in [-0.15, -0.1) is 0 Å². The Morgan fingerprint density at radius 1 is 1.06 bits per heavy atom. The van der Waals surface area contributed by atoms with Crippen molar-refractivity contribution in [2.45, 2.75) is 38.4 Å². The van der Waals surface area contributed by atoms with Gasteiger partial charge in [-0.3, -0.25) is 9.69 Å². The molecule has 0 aliphatic rings. The van der Waals surface area contributed by atoms with Gasteiger partial charge in [0.15, 0.2) is 0 Å². The van der Waals surface area contributed by atoms with Gasteiger partial charge in [0.05, 0.1) is 23.6 Å². The molecule has 4 nitrogen and oxygen atoms in total. The highest BCUT2D eigenvalue weighted by atomic mass is 35.5. The maximum atomic E-state index is 13.4. The third-order valence-corrected chi connectivity index (χ3v) is 6.27. The van der Waals surface area contributed by atoms with Crippen LogP contribution in [0.25, 0.3) is 0 Å². The summed E-state index contributed by atoms with van der Waals surface area (Å²) < 4.78 is 45.9. The van der Waals surface area contributed by atoms with Crippen molar-refractivity contribution in [3.8, 4) is 5.75 Å². The quantitative estimate of drug-likeness (QED) is 0.260. The molecule has 3 aromatic rings. The lowest BCUT2D eigenvalue weighted by atomic mass is 10.00. The van der Waals surface area contributed by atoms with Crippen LogP contribution in [0.3, 0.4) is 0 Å². The highest BCUT2D eigenvalue weighted by Gasteiger charge is 2.34. The van der Waals surface area contributed by atoms with E-state index >= 15 is 0 Å². The number of carboxylic acid groups (broad SMARTS) is 1.